The molecule has 0 unspecified atom stereocenters. The van der Waals surface area contributed by atoms with E-state index in [1.54, 1.807) is 26.4 Å². The van der Waals surface area contributed by atoms with Gasteiger partial charge in [0.15, 0.2) is 11.5 Å². The molecule has 0 atom stereocenters. The minimum atomic E-state index is -0.107. The predicted octanol–water partition coefficient (Wildman–Crippen LogP) is 3.57. The summed E-state index contributed by atoms with van der Waals surface area (Å²) in [7, 11) is 3.15. The van der Waals surface area contributed by atoms with Gasteiger partial charge in [0.05, 0.1) is 20.6 Å². The maximum Gasteiger partial charge on any atom is 0.228 e. The summed E-state index contributed by atoms with van der Waals surface area (Å²) in [6.07, 6.45) is 2.36. The van der Waals surface area contributed by atoms with E-state index >= 15 is 0 Å². The molecule has 0 saturated heterocycles. The second kappa shape index (κ2) is 8.78. The van der Waals surface area contributed by atoms with Gasteiger partial charge >= 0.3 is 0 Å². The van der Waals surface area contributed by atoms with Gasteiger partial charge in [0.2, 0.25) is 11.8 Å². The van der Waals surface area contributed by atoms with Gasteiger partial charge in [0, 0.05) is 24.3 Å². The molecule has 6 nitrogen and oxygen atoms in total. The molecule has 2 aromatic carbocycles. The smallest absolute Gasteiger partial charge is 0.228 e. The Morgan fingerprint density at radius 1 is 1.07 bits per heavy atom. The largest absolute Gasteiger partial charge is 0.493 e. The molecular weight excluding hydrogens is 356 g/mol. The Morgan fingerprint density at radius 2 is 1.86 bits per heavy atom. The minimum absolute atomic E-state index is 0.107. The molecule has 1 aliphatic rings. The average molecular weight is 382 g/mol. The average Bonchev–Trinajstić information content (AvgIpc) is 2.70. The Kier molecular flexibility index (Phi) is 6.19. The molecule has 0 aliphatic carbocycles. The van der Waals surface area contributed by atoms with Crippen LogP contribution in [-0.2, 0) is 22.4 Å². The maximum absolute atomic E-state index is 12.5. The van der Waals surface area contributed by atoms with Crippen LogP contribution in [0.25, 0.3) is 0 Å². The topological polar surface area (TPSA) is 67.9 Å². The van der Waals surface area contributed by atoms with Crippen LogP contribution in [0.5, 0.6) is 11.5 Å². The third kappa shape index (κ3) is 4.27. The molecule has 1 aliphatic heterocycles. The molecule has 0 bridgehead atoms. The van der Waals surface area contributed by atoms with E-state index in [1.165, 1.54) is 0 Å². The third-order valence-corrected chi connectivity index (χ3v) is 4.82. The van der Waals surface area contributed by atoms with Gasteiger partial charge in [-0.05, 0) is 54.3 Å². The van der Waals surface area contributed by atoms with Gasteiger partial charge in [-0.25, -0.2) is 0 Å². The molecule has 2 amide bonds. The molecule has 1 N–H and O–H groups in total. The number of ether oxygens (including phenoxy) is 2. The Labute approximate surface area is 165 Å². The van der Waals surface area contributed by atoms with E-state index in [0.29, 0.717) is 24.3 Å². The highest BCUT2D eigenvalue weighted by molar-refractivity contribution is 5.98. The monoisotopic (exact) mass is 382 g/mol. The number of hydrogen-bond donors (Lipinski definition) is 1. The number of carbonyl (C=O) groups excluding carboxylic acids is 2. The summed E-state index contributed by atoms with van der Waals surface area (Å²) in [5, 5.41) is 2.95. The number of benzene rings is 2. The van der Waals surface area contributed by atoms with Crippen LogP contribution in [0.4, 0.5) is 11.4 Å². The number of amides is 2. The van der Waals surface area contributed by atoms with Crippen LogP contribution in [0.3, 0.4) is 0 Å². The molecule has 3 rings (SSSR count). The number of nitrogens with one attached hydrogen (secondary N) is 1. The first kappa shape index (κ1) is 19.7. The fourth-order valence-electron chi connectivity index (χ4n) is 3.49. The normalized spacial score (nSPS) is 13.1. The fourth-order valence-corrected chi connectivity index (χ4v) is 3.49. The van der Waals surface area contributed by atoms with Crippen molar-refractivity contribution in [3.05, 3.63) is 47.5 Å². The molecule has 0 aromatic heterocycles. The zero-order valence-corrected chi connectivity index (χ0v) is 16.6. The van der Waals surface area contributed by atoms with Crippen LogP contribution >= 0.6 is 0 Å². The highest BCUT2D eigenvalue weighted by Crippen LogP contribution is 2.31. The zero-order valence-electron chi connectivity index (χ0n) is 16.6. The van der Waals surface area contributed by atoms with Gasteiger partial charge in [-0.15, -0.1) is 0 Å². The van der Waals surface area contributed by atoms with Crippen LogP contribution < -0.4 is 19.7 Å². The van der Waals surface area contributed by atoms with Crippen molar-refractivity contribution in [1.82, 2.24) is 0 Å². The van der Waals surface area contributed by atoms with Crippen LogP contribution in [0, 0.1) is 0 Å². The Bertz CT molecular complexity index is 879. The first-order valence-electron chi connectivity index (χ1n) is 9.49. The number of hydrogen-bond acceptors (Lipinski definition) is 4. The predicted molar refractivity (Wildman–Crippen MR) is 109 cm³/mol. The minimum Gasteiger partial charge on any atom is -0.493 e. The van der Waals surface area contributed by atoms with Crippen LogP contribution in [0.1, 0.15) is 30.9 Å². The maximum atomic E-state index is 12.5. The summed E-state index contributed by atoms with van der Waals surface area (Å²) in [4.78, 5) is 26.5. The first-order chi connectivity index (χ1) is 13.5. The summed E-state index contributed by atoms with van der Waals surface area (Å²) in [6.45, 7) is 2.78. The SMILES string of the molecule is CCCN1C(=O)CCc2cc(NC(=O)Cc3ccc(OC)c(OC)c3)ccc21. The Morgan fingerprint density at radius 3 is 2.57 bits per heavy atom. The molecule has 1 heterocycles. The summed E-state index contributed by atoms with van der Waals surface area (Å²) >= 11 is 0. The molecular formula is C22H26N2O4. The van der Waals surface area contributed by atoms with Crippen molar-refractivity contribution in [2.45, 2.75) is 32.6 Å². The van der Waals surface area contributed by atoms with E-state index in [4.69, 9.17) is 9.47 Å². The van der Waals surface area contributed by atoms with Gasteiger partial charge in [-0.2, -0.15) is 0 Å². The molecule has 0 radical (unpaired) electrons. The first-order valence-corrected chi connectivity index (χ1v) is 9.49. The second-order valence-corrected chi connectivity index (χ2v) is 6.80. The summed E-state index contributed by atoms with van der Waals surface area (Å²) in [5.41, 5.74) is 3.64. The number of anilines is 2. The van der Waals surface area contributed by atoms with Crippen LogP contribution in [0.2, 0.25) is 0 Å². The van der Waals surface area contributed by atoms with Gasteiger partial charge in [0.1, 0.15) is 0 Å². The zero-order chi connectivity index (χ0) is 20.1. The molecule has 0 spiro atoms. The van der Waals surface area contributed by atoms with E-state index in [1.807, 2.05) is 29.2 Å². The molecule has 0 saturated carbocycles. The molecule has 0 fully saturated rings. The molecule has 28 heavy (non-hydrogen) atoms. The van der Waals surface area contributed by atoms with Crippen molar-refractivity contribution in [3.8, 4) is 11.5 Å². The quantitative estimate of drug-likeness (QED) is 0.795. The van der Waals surface area contributed by atoms with Gasteiger partial charge < -0.3 is 19.7 Å². The lowest BCUT2D eigenvalue weighted by atomic mass is 10.00. The van der Waals surface area contributed by atoms with Crippen LogP contribution in [0.15, 0.2) is 36.4 Å². The fraction of sp³-hybridized carbons (Fsp3) is 0.364. The molecule has 2 aromatic rings. The van der Waals surface area contributed by atoms with Crippen molar-refractivity contribution >= 4 is 23.2 Å². The number of methoxy groups -OCH3 is 2. The lowest BCUT2D eigenvalue weighted by Gasteiger charge is -2.29. The summed E-state index contributed by atoms with van der Waals surface area (Å²) < 4.78 is 10.5. The Balaban J connectivity index is 1.70. The van der Waals surface area contributed by atoms with Crippen LogP contribution in [-0.4, -0.2) is 32.6 Å². The number of aryl methyl sites for hydroxylation is 1. The van der Waals surface area contributed by atoms with Crippen molar-refractivity contribution in [3.63, 3.8) is 0 Å². The van der Waals surface area contributed by atoms with Crippen molar-refractivity contribution in [1.29, 1.82) is 0 Å². The van der Waals surface area contributed by atoms with Gasteiger partial charge in [0.25, 0.3) is 0 Å². The highest BCUT2D eigenvalue weighted by atomic mass is 16.5. The standard InChI is InChI=1S/C22H26N2O4/c1-4-11-24-18-8-7-17(14-16(18)6-10-22(24)26)23-21(25)13-15-5-9-19(27-2)20(12-15)28-3/h5,7-9,12,14H,4,6,10-11,13H2,1-3H3,(H,23,25). The molecule has 6 heteroatoms. The Hall–Kier alpha value is -3.02. The van der Waals surface area contributed by atoms with E-state index in [9.17, 15) is 9.59 Å². The number of carbonyl (C=O) groups is 2. The number of nitrogens with zero attached hydrogens (tertiary/aromatic N) is 1. The van der Waals surface area contributed by atoms with Crippen molar-refractivity contribution in [2.24, 2.45) is 0 Å². The van der Waals surface area contributed by atoms with Crippen molar-refractivity contribution in [2.75, 3.05) is 31.0 Å². The van der Waals surface area contributed by atoms with Gasteiger partial charge in [-0.1, -0.05) is 13.0 Å². The number of rotatable bonds is 7. The van der Waals surface area contributed by atoms with Crippen molar-refractivity contribution < 1.29 is 19.1 Å². The highest BCUT2D eigenvalue weighted by Gasteiger charge is 2.23. The lowest BCUT2D eigenvalue weighted by Crippen LogP contribution is -2.35. The van der Waals surface area contributed by atoms with E-state index in [2.05, 4.69) is 12.2 Å². The molecule has 148 valence electrons. The third-order valence-electron chi connectivity index (χ3n) is 4.82. The van der Waals surface area contributed by atoms with E-state index in [-0.39, 0.29) is 18.2 Å². The summed E-state index contributed by atoms with van der Waals surface area (Å²) in [5.74, 6) is 1.29. The van der Waals surface area contributed by atoms with E-state index < -0.39 is 0 Å². The lowest BCUT2D eigenvalue weighted by molar-refractivity contribution is -0.119. The van der Waals surface area contributed by atoms with Gasteiger partial charge in [-0.3, -0.25) is 9.59 Å². The number of fused-ring (bicyclic) bond motifs is 1. The van der Waals surface area contributed by atoms with E-state index in [0.717, 1.165) is 35.5 Å². The summed E-state index contributed by atoms with van der Waals surface area (Å²) in [6, 6.07) is 11.2. The second-order valence-electron chi connectivity index (χ2n) is 6.80.